The van der Waals surface area contributed by atoms with E-state index in [1.54, 1.807) is 7.11 Å². The van der Waals surface area contributed by atoms with Gasteiger partial charge in [-0.15, -0.1) is 0 Å². The van der Waals surface area contributed by atoms with Crippen LogP contribution < -0.4 is 5.32 Å². The van der Waals surface area contributed by atoms with Gasteiger partial charge in [-0.25, -0.2) is 4.98 Å². The fourth-order valence-electron chi connectivity index (χ4n) is 2.43. The Labute approximate surface area is 103 Å². The molecular weight excluding hydrogens is 214 g/mol. The van der Waals surface area contributed by atoms with Gasteiger partial charge in [0.1, 0.15) is 5.82 Å². The molecule has 0 saturated carbocycles. The number of nitrogens with one attached hydrogen (secondary N) is 1. The molecule has 0 spiro atoms. The molecule has 1 aliphatic rings. The maximum absolute atomic E-state index is 5.04. The minimum Gasteiger partial charge on any atom is -0.385 e. The average Bonchev–Trinajstić information content (AvgIpc) is 2.68. The number of imidazole rings is 1. The maximum Gasteiger partial charge on any atom is 0.109 e. The van der Waals surface area contributed by atoms with Crippen molar-refractivity contribution in [1.82, 2.24) is 14.9 Å². The van der Waals surface area contributed by atoms with Crippen LogP contribution in [0.2, 0.25) is 0 Å². The van der Waals surface area contributed by atoms with E-state index in [0.717, 1.165) is 38.2 Å². The molecule has 4 heteroatoms. The highest BCUT2D eigenvalue weighted by molar-refractivity contribution is 5.05. The SMILES string of the molecule is COCCCCN[C@H]1CCc2nc(C)cn2C1. The Morgan fingerprint density at radius 3 is 3.24 bits per heavy atom. The third kappa shape index (κ3) is 3.54. The van der Waals surface area contributed by atoms with Crippen LogP contribution in [0.3, 0.4) is 0 Å². The summed E-state index contributed by atoms with van der Waals surface area (Å²) < 4.78 is 7.34. The van der Waals surface area contributed by atoms with Gasteiger partial charge in [0.05, 0.1) is 5.69 Å². The van der Waals surface area contributed by atoms with Crippen LogP contribution >= 0.6 is 0 Å². The van der Waals surface area contributed by atoms with Crippen LogP contribution in [-0.2, 0) is 17.7 Å². The molecular formula is C13H23N3O. The van der Waals surface area contributed by atoms with Crippen molar-refractivity contribution in [2.75, 3.05) is 20.3 Å². The molecule has 0 amide bonds. The lowest BCUT2D eigenvalue weighted by Gasteiger charge is -2.24. The van der Waals surface area contributed by atoms with Crippen molar-refractivity contribution < 1.29 is 4.74 Å². The summed E-state index contributed by atoms with van der Waals surface area (Å²) in [6.07, 6.45) is 6.81. The van der Waals surface area contributed by atoms with Crippen LogP contribution in [0.5, 0.6) is 0 Å². The van der Waals surface area contributed by atoms with Crippen LogP contribution in [0.1, 0.15) is 30.8 Å². The Morgan fingerprint density at radius 2 is 2.41 bits per heavy atom. The highest BCUT2D eigenvalue weighted by Crippen LogP contribution is 2.14. The molecule has 4 nitrogen and oxygen atoms in total. The molecule has 1 atom stereocenters. The third-order valence-corrected chi connectivity index (χ3v) is 3.32. The van der Waals surface area contributed by atoms with Crippen molar-refractivity contribution in [3.05, 3.63) is 17.7 Å². The first kappa shape index (κ1) is 12.6. The summed E-state index contributed by atoms with van der Waals surface area (Å²) in [5.74, 6) is 1.25. The topological polar surface area (TPSA) is 39.1 Å². The molecule has 0 unspecified atom stereocenters. The molecule has 0 bridgehead atoms. The second kappa shape index (κ2) is 6.17. The van der Waals surface area contributed by atoms with Gasteiger partial charge in [-0.1, -0.05) is 0 Å². The summed E-state index contributed by atoms with van der Waals surface area (Å²) in [5, 5.41) is 3.63. The number of ether oxygens (including phenoxy) is 1. The second-order valence-electron chi connectivity index (χ2n) is 4.84. The summed E-state index contributed by atoms with van der Waals surface area (Å²) >= 11 is 0. The lowest BCUT2D eigenvalue weighted by molar-refractivity contribution is 0.192. The zero-order valence-corrected chi connectivity index (χ0v) is 10.9. The van der Waals surface area contributed by atoms with E-state index in [-0.39, 0.29) is 0 Å². The van der Waals surface area contributed by atoms with E-state index in [2.05, 4.69) is 28.0 Å². The van der Waals surface area contributed by atoms with Crippen LogP contribution in [0.25, 0.3) is 0 Å². The van der Waals surface area contributed by atoms with E-state index in [9.17, 15) is 0 Å². The number of hydrogen-bond acceptors (Lipinski definition) is 3. The Kier molecular flexibility index (Phi) is 4.57. The number of aryl methyl sites for hydroxylation is 2. The number of nitrogens with zero attached hydrogens (tertiary/aromatic N) is 2. The minimum absolute atomic E-state index is 0.610. The Hall–Kier alpha value is -0.870. The lowest BCUT2D eigenvalue weighted by Crippen LogP contribution is -2.37. The van der Waals surface area contributed by atoms with Crippen LogP contribution in [0, 0.1) is 6.92 Å². The highest BCUT2D eigenvalue weighted by atomic mass is 16.5. The van der Waals surface area contributed by atoms with Gasteiger partial charge in [0, 0.05) is 38.9 Å². The van der Waals surface area contributed by atoms with Gasteiger partial charge >= 0.3 is 0 Å². The van der Waals surface area contributed by atoms with Gasteiger partial charge in [0.15, 0.2) is 0 Å². The smallest absolute Gasteiger partial charge is 0.109 e. The number of rotatable bonds is 6. The molecule has 2 heterocycles. The lowest BCUT2D eigenvalue weighted by atomic mass is 10.1. The van der Waals surface area contributed by atoms with Crippen LogP contribution in [-0.4, -0.2) is 35.9 Å². The first-order valence-corrected chi connectivity index (χ1v) is 6.54. The minimum atomic E-state index is 0.610. The van der Waals surface area contributed by atoms with Gasteiger partial charge in [-0.2, -0.15) is 0 Å². The molecule has 1 aliphatic heterocycles. The molecule has 1 N–H and O–H groups in total. The number of unbranched alkanes of at least 4 members (excludes halogenated alkanes) is 1. The normalized spacial score (nSPS) is 19.3. The predicted molar refractivity (Wildman–Crippen MR) is 68.2 cm³/mol. The van der Waals surface area contributed by atoms with Gasteiger partial charge < -0.3 is 14.6 Å². The molecule has 0 fully saturated rings. The molecule has 0 aliphatic carbocycles. The number of aromatic nitrogens is 2. The van der Waals surface area contributed by atoms with E-state index < -0.39 is 0 Å². The van der Waals surface area contributed by atoms with Crippen molar-refractivity contribution >= 4 is 0 Å². The first-order chi connectivity index (χ1) is 8.29. The van der Waals surface area contributed by atoms with Crippen molar-refractivity contribution in [3.63, 3.8) is 0 Å². The van der Waals surface area contributed by atoms with Crippen LogP contribution in [0.15, 0.2) is 6.20 Å². The molecule has 17 heavy (non-hydrogen) atoms. The molecule has 0 saturated heterocycles. The summed E-state index contributed by atoms with van der Waals surface area (Å²) in [4.78, 5) is 4.53. The second-order valence-corrected chi connectivity index (χ2v) is 4.84. The molecule has 0 aromatic carbocycles. The first-order valence-electron chi connectivity index (χ1n) is 6.54. The van der Waals surface area contributed by atoms with Crippen molar-refractivity contribution in [2.45, 2.75) is 45.2 Å². The molecule has 1 aromatic heterocycles. The largest absolute Gasteiger partial charge is 0.385 e. The standard InChI is InChI=1S/C13H23N3O/c1-11-9-16-10-12(5-6-13(16)15-11)14-7-3-4-8-17-2/h9,12,14H,3-8,10H2,1-2H3/t12-/m0/s1. The average molecular weight is 237 g/mol. The third-order valence-electron chi connectivity index (χ3n) is 3.32. The summed E-state index contributed by atoms with van der Waals surface area (Å²) in [7, 11) is 1.76. The number of methoxy groups -OCH3 is 1. The fourth-order valence-corrected chi connectivity index (χ4v) is 2.43. The van der Waals surface area contributed by atoms with Crippen molar-refractivity contribution in [1.29, 1.82) is 0 Å². The van der Waals surface area contributed by atoms with Gasteiger partial charge in [-0.05, 0) is 32.7 Å². The van der Waals surface area contributed by atoms with E-state index in [1.165, 1.54) is 18.7 Å². The maximum atomic E-state index is 5.04. The molecule has 0 radical (unpaired) electrons. The van der Waals surface area contributed by atoms with Gasteiger partial charge in [-0.3, -0.25) is 0 Å². The molecule has 96 valence electrons. The van der Waals surface area contributed by atoms with Crippen LogP contribution in [0.4, 0.5) is 0 Å². The molecule has 2 rings (SSSR count). The summed E-state index contributed by atoms with van der Waals surface area (Å²) in [6, 6.07) is 0.610. The quantitative estimate of drug-likeness (QED) is 0.763. The zero-order chi connectivity index (χ0) is 12.1. The summed E-state index contributed by atoms with van der Waals surface area (Å²) in [6.45, 7) is 5.10. The molecule has 1 aromatic rings. The number of hydrogen-bond donors (Lipinski definition) is 1. The summed E-state index contributed by atoms with van der Waals surface area (Å²) in [5.41, 5.74) is 1.14. The van der Waals surface area contributed by atoms with Crippen molar-refractivity contribution in [2.24, 2.45) is 0 Å². The van der Waals surface area contributed by atoms with E-state index in [1.807, 2.05) is 0 Å². The predicted octanol–water partition coefficient (Wildman–Crippen LogP) is 1.52. The van der Waals surface area contributed by atoms with Gasteiger partial charge in [0.2, 0.25) is 0 Å². The van der Waals surface area contributed by atoms with E-state index >= 15 is 0 Å². The Bertz CT molecular complexity index is 348. The zero-order valence-electron chi connectivity index (χ0n) is 10.9. The fraction of sp³-hybridized carbons (Fsp3) is 0.769. The Morgan fingerprint density at radius 1 is 1.53 bits per heavy atom. The number of fused-ring (bicyclic) bond motifs is 1. The van der Waals surface area contributed by atoms with E-state index in [0.29, 0.717) is 6.04 Å². The van der Waals surface area contributed by atoms with Crippen molar-refractivity contribution in [3.8, 4) is 0 Å². The highest BCUT2D eigenvalue weighted by Gasteiger charge is 2.18. The monoisotopic (exact) mass is 237 g/mol. The van der Waals surface area contributed by atoms with Gasteiger partial charge in [0.25, 0.3) is 0 Å². The Balaban J connectivity index is 1.71. The van der Waals surface area contributed by atoms with E-state index in [4.69, 9.17) is 4.74 Å².